The Morgan fingerprint density at radius 1 is 1.50 bits per heavy atom. The molecule has 1 aromatic rings. The van der Waals surface area contributed by atoms with E-state index >= 15 is 0 Å². The van der Waals surface area contributed by atoms with Gasteiger partial charge in [-0.25, -0.2) is 0 Å². The minimum absolute atomic E-state index is 0.0286. The Morgan fingerprint density at radius 3 is 2.67 bits per heavy atom. The number of aryl methyl sites for hydroxylation is 1. The first-order chi connectivity index (χ1) is 7.05. The van der Waals surface area contributed by atoms with Crippen LogP contribution in [-0.2, 0) is 13.1 Å². The lowest BCUT2D eigenvalue weighted by Crippen LogP contribution is -1.98. The number of aromatic nitrogens is 1. The number of pyridine rings is 1. The Morgan fingerprint density at radius 2 is 2.17 bits per heavy atom. The molecule has 0 unspecified atom stereocenters. The van der Waals surface area contributed by atoms with E-state index in [1.54, 1.807) is 0 Å². The fourth-order valence-electron chi connectivity index (χ4n) is 0.793. The molecule has 0 amide bonds. The van der Waals surface area contributed by atoms with Gasteiger partial charge in [0.1, 0.15) is 5.75 Å². The van der Waals surface area contributed by atoms with Crippen molar-refractivity contribution >= 4 is 0 Å². The van der Waals surface area contributed by atoms with E-state index in [0.29, 0.717) is 0 Å². The molecule has 0 bridgehead atoms. The fourth-order valence-corrected chi connectivity index (χ4v) is 0.793. The van der Waals surface area contributed by atoms with Crippen LogP contribution < -0.4 is 0 Å². The topological polar surface area (TPSA) is 73.6 Å². The van der Waals surface area contributed by atoms with Gasteiger partial charge in [-0.1, -0.05) is 0 Å². The maximum atomic E-state index is 9.54. The molecular weight excluding hydrogens is 158 g/mol. The summed E-state index contributed by atoms with van der Waals surface area (Å²) in [5.41, 5.74) is -1.29. The molecule has 66 valence electrons. The summed E-state index contributed by atoms with van der Waals surface area (Å²) in [4.78, 5) is 3.59. The molecule has 0 atom stereocenters. The van der Waals surface area contributed by atoms with Crippen molar-refractivity contribution in [3.63, 3.8) is 0 Å². The Kier molecular flexibility index (Phi) is 1.40. The van der Waals surface area contributed by atoms with Gasteiger partial charge in [0.15, 0.2) is 0 Å². The van der Waals surface area contributed by atoms with Crippen molar-refractivity contribution in [3.8, 4) is 5.75 Å². The van der Waals surface area contributed by atoms with Gasteiger partial charge in [0.05, 0.1) is 24.3 Å². The number of hydrogen-bond donors (Lipinski definition) is 3. The van der Waals surface area contributed by atoms with Gasteiger partial charge in [-0.3, -0.25) is 4.98 Å². The van der Waals surface area contributed by atoms with Gasteiger partial charge < -0.3 is 15.3 Å². The van der Waals surface area contributed by atoms with E-state index in [4.69, 9.17) is 10.6 Å². The number of rotatable bonds is 2. The smallest absolute Gasteiger partial charge is 0.142 e. The first-order valence-corrected chi connectivity index (χ1v) is 3.19. The van der Waals surface area contributed by atoms with Gasteiger partial charge in [0.2, 0.25) is 0 Å². The van der Waals surface area contributed by atoms with Crippen LogP contribution >= 0.6 is 0 Å². The van der Waals surface area contributed by atoms with Crippen molar-refractivity contribution in [1.82, 2.24) is 4.98 Å². The van der Waals surface area contributed by atoms with E-state index in [0.717, 1.165) is 6.20 Å². The summed E-state index contributed by atoms with van der Waals surface area (Å²) >= 11 is 0. The molecule has 0 fully saturated rings. The summed E-state index contributed by atoms with van der Waals surface area (Å²) in [7, 11) is 0. The second kappa shape index (κ2) is 3.51. The average molecular weight is 173 g/mol. The van der Waals surface area contributed by atoms with Gasteiger partial charge in [0.25, 0.3) is 0 Å². The predicted molar refractivity (Wildman–Crippen MR) is 42.5 cm³/mol. The summed E-state index contributed by atoms with van der Waals surface area (Å²) in [6.45, 7) is -4.51. The highest BCUT2D eigenvalue weighted by molar-refractivity contribution is 5.39. The Bertz CT molecular complexity index is 411. The summed E-state index contributed by atoms with van der Waals surface area (Å²) in [5, 5.41) is 27.9. The van der Waals surface area contributed by atoms with Crippen molar-refractivity contribution in [1.29, 1.82) is 0 Å². The fraction of sp³-hybridized carbons (Fsp3) is 0.375. The summed E-state index contributed by atoms with van der Waals surface area (Å²) in [6.07, 6.45) is 0.873. The lowest BCUT2D eigenvalue weighted by atomic mass is 10.1. The van der Waals surface area contributed by atoms with Gasteiger partial charge in [-0.05, 0) is 6.92 Å². The molecule has 1 rings (SSSR count). The maximum Gasteiger partial charge on any atom is 0.142 e. The predicted octanol–water partition coefficient (Wildman–Crippen LogP) is 0.0802. The highest BCUT2D eigenvalue weighted by atomic mass is 16.3. The van der Waals surface area contributed by atoms with Crippen LogP contribution in [0.5, 0.6) is 5.75 Å². The number of hydrogen-bond acceptors (Lipinski definition) is 4. The molecule has 0 radical (unpaired) electrons. The van der Waals surface area contributed by atoms with Crippen LogP contribution in [0.1, 0.15) is 22.3 Å². The monoisotopic (exact) mass is 173 g/mol. The van der Waals surface area contributed by atoms with E-state index in [1.165, 1.54) is 6.92 Å². The third-order valence-electron chi connectivity index (χ3n) is 1.47. The number of aromatic hydroxyl groups is 1. The van der Waals surface area contributed by atoms with E-state index in [9.17, 15) is 10.2 Å². The Hall–Kier alpha value is -1.13. The van der Waals surface area contributed by atoms with E-state index in [-0.39, 0.29) is 5.69 Å². The number of nitrogens with zero attached hydrogens (tertiary/aromatic N) is 1. The number of aliphatic hydroxyl groups is 2. The van der Waals surface area contributed by atoms with Crippen LogP contribution in [0.4, 0.5) is 0 Å². The SMILES string of the molecule is [2H]C([2H])(O)c1cnc(C)c(O)c1C([2H])([2H])O. The average Bonchev–Trinajstić information content (AvgIpc) is 2.05. The third-order valence-corrected chi connectivity index (χ3v) is 1.47. The second-order valence-electron chi connectivity index (χ2n) is 2.20. The maximum absolute atomic E-state index is 9.54. The summed E-state index contributed by atoms with van der Waals surface area (Å²) in [5.74, 6) is -0.678. The molecule has 0 aliphatic rings. The van der Waals surface area contributed by atoms with Gasteiger partial charge in [0, 0.05) is 17.3 Å². The highest BCUT2D eigenvalue weighted by Crippen LogP contribution is 2.23. The van der Waals surface area contributed by atoms with E-state index in [2.05, 4.69) is 4.98 Å². The van der Waals surface area contributed by atoms with Crippen LogP contribution in [0.25, 0.3) is 0 Å². The molecule has 1 aromatic heterocycles. The van der Waals surface area contributed by atoms with Gasteiger partial charge in [-0.15, -0.1) is 0 Å². The van der Waals surface area contributed by atoms with Gasteiger partial charge in [-0.2, -0.15) is 0 Å². The molecule has 1 heterocycles. The summed E-state index contributed by atoms with van der Waals surface area (Å²) < 4.78 is 28.3. The molecule has 0 saturated heterocycles. The van der Waals surface area contributed by atoms with Crippen molar-refractivity contribution in [2.75, 3.05) is 0 Å². The van der Waals surface area contributed by atoms with Crippen molar-refractivity contribution < 1.29 is 20.8 Å². The minimum Gasteiger partial charge on any atom is -0.506 e. The molecule has 4 nitrogen and oxygen atoms in total. The molecule has 0 spiro atoms. The molecule has 4 heteroatoms. The van der Waals surface area contributed by atoms with Crippen LogP contribution in [-0.4, -0.2) is 20.3 Å². The lowest BCUT2D eigenvalue weighted by molar-refractivity contribution is 0.254. The normalized spacial score (nSPS) is 17.6. The molecule has 0 saturated carbocycles. The van der Waals surface area contributed by atoms with E-state index in [1.807, 2.05) is 0 Å². The van der Waals surface area contributed by atoms with Gasteiger partial charge >= 0.3 is 0 Å². The first kappa shape index (κ1) is 4.79. The largest absolute Gasteiger partial charge is 0.506 e. The molecular formula is C8H11NO3. The third kappa shape index (κ3) is 1.39. The first-order valence-electron chi connectivity index (χ1n) is 5.19. The minimum atomic E-state index is -2.97. The Balaban J connectivity index is 3.59. The van der Waals surface area contributed by atoms with Crippen LogP contribution in [0.3, 0.4) is 0 Å². The van der Waals surface area contributed by atoms with Crippen LogP contribution in [0.15, 0.2) is 6.20 Å². The van der Waals surface area contributed by atoms with Crippen molar-refractivity contribution in [2.24, 2.45) is 0 Å². The lowest BCUT2D eigenvalue weighted by Gasteiger charge is -2.07. The van der Waals surface area contributed by atoms with E-state index < -0.39 is 30.0 Å². The Labute approximate surface area is 75.7 Å². The standard InChI is InChI=1S/C8H11NO3/c1-5-8(12)7(4-11)6(3-10)2-9-5/h2,10-12H,3-4H2,1H3/i3D2,4D2. The second-order valence-corrected chi connectivity index (χ2v) is 2.20. The van der Waals surface area contributed by atoms with Crippen LogP contribution in [0.2, 0.25) is 0 Å². The zero-order valence-corrected chi connectivity index (χ0v) is 6.37. The molecule has 0 aromatic carbocycles. The van der Waals surface area contributed by atoms with Crippen LogP contribution in [0, 0.1) is 6.92 Å². The molecule has 3 N–H and O–H groups in total. The highest BCUT2D eigenvalue weighted by Gasteiger charge is 2.09. The van der Waals surface area contributed by atoms with Crippen molar-refractivity contribution in [2.45, 2.75) is 20.0 Å². The zero-order chi connectivity index (χ0) is 12.7. The van der Waals surface area contributed by atoms with Crippen molar-refractivity contribution in [3.05, 3.63) is 23.0 Å². The molecule has 0 aliphatic carbocycles. The quantitative estimate of drug-likeness (QED) is 0.592. The molecule has 0 aliphatic heterocycles. The summed E-state index contributed by atoms with van der Waals surface area (Å²) in [6, 6.07) is 0. The molecule has 12 heavy (non-hydrogen) atoms. The zero-order valence-electron chi connectivity index (χ0n) is 10.4.